The van der Waals surface area contributed by atoms with E-state index in [1.54, 1.807) is 0 Å². The molecule has 1 fully saturated rings. The van der Waals surface area contributed by atoms with Gasteiger partial charge in [0.2, 0.25) is 0 Å². The minimum absolute atomic E-state index is 0.0156. The first-order chi connectivity index (χ1) is 11.5. The molecule has 0 amide bonds. The average molecular weight is 326 g/mol. The lowest BCUT2D eigenvalue weighted by molar-refractivity contribution is -0.161. The molecule has 3 atom stereocenters. The summed E-state index contributed by atoms with van der Waals surface area (Å²) in [7, 11) is 1.50. The van der Waals surface area contributed by atoms with Crippen molar-refractivity contribution in [2.75, 3.05) is 7.11 Å². The molecule has 0 unspecified atom stereocenters. The Morgan fingerprint density at radius 1 is 1.29 bits per heavy atom. The zero-order chi connectivity index (χ0) is 17.4. The molecule has 1 saturated carbocycles. The summed E-state index contributed by atoms with van der Waals surface area (Å²) >= 11 is 0. The molecule has 128 valence electrons. The van der Waals surface area contributed by atoms with Crippen LogP contribution in [0.1, 0.15) is 56.2 Å². The molecule has 3 rings (SSSR count). The molecule has 0 aromatic heterocycles. The van der Waals surface area contributed by atoms with Gasteiger partial charge in [-0.05, 0) is 66.7 Å². The number of carbonyl (C=O) groups excluding carboxylic acids is 2. The van der Waals surface area contributed by atoms with Crippen LogP contribution in [-0.2, 0) is 26.2 Å². The lowest BCUT2D eigenvalue weighted by Gasteiger charge is -2.54. The van der Waals surface area contributed by atoms with Crippen LogP contribution in [0, 0.1) is 11.3 Å². The average Bonchev–Trinajstić information content (AvgIpc) is 2.58. The Balaban J connectivity index is 2.03. The van der Waals surface area contributed by atoms with Gasteiger partial charge in [-0.2, -0.15) is 0 Å². The first kappa shape index (κ1) is 16.9. The van der Waals surface area contributed by atoms with Gasteiger partial charge in [-0.3, -0.25) is 9.59 Å². The number of esters is 1. The van der Waals surface area contributed by atoms with E-state index in [1.165, 1.54) is 24.3 Å². The van der Waals surface area contributed by atoms with E-state index in [9.17, 15) is 9.59 Å². The van der Waals surface area contributed by atoms with Crippen LogP contribution in [0.3, 0.4) is 0 Å². The summed E-state index contributed by atoms with van der Waals surface area (Å²) in [4.78, 5) is 23.0. The molecular formula is C21H26O3. The molecule has 0 heterocycles. The topological polar surface area (TPSA) is 43.4 Å². The molecule has 2 aliphatic rings. The second-order valence-corrected chi connectivity index (χ2v) is 7.68. The molecule has 24 heavy (non-hydrogen) atoms. The third-order valence-corrected chi connectivity index (χ3v) is 6.40. The number of aryl methyl sites for hydroxylation is 1. The lowest BCUT2D eigenvalue weighted by Crippen LogP contribution is -2.52. The lowest BCUT2D eigenvalue weighted by atomic mass is 9.50. The SMILES string of the molecule is COC(=O)[C@]1(C)CCC[C@@]2(C)c3ccc(C=CC=O)cc3CC[C@H]12. The molecule has 1 aromatic rings. The summed E-state index contributed by atoms with van der Waals surface area (Å²) in [5, 5.41) is 0. The molecule has 0 bridgehead atoms. The van der Waals surface area contributed by atoms with E-state index in [0.29, 0.717) is 5.92 Å². The van der Waals surface area contributed by atoms with Crippen LogP contribution in [-0.4, -0.2) is 19.4 Å². The third kappa shape index (κ3) is 2.51. The Labute approximate surface area is 144 Å². The molecule has 0 saturated heterocycles. The van der Waals surface area contributed by atoms with Gasteiger partial charge in [-0.25, -0.2) is 0 Å². The van der Waals surface area contributed by atoms with Gasteiger partial charge in [0.15, 0.2) is 0 Å². The molecule has 0 radical (unpaired) electrons. The maximum absolute atomic E-state index is 12.5. The number of allylic oxidation sites excluding steroid dienone is 1. The number of hydrogen-bond acceptors (Lipinski definition) is 3. The Morgan fingerprint density at radius 3 is 2.79 bits per heavy atom. The smallest absolute Gasteiger partial charge is 0.311 e. The van der Waals surface area contributed by atoms with Gasteiger partial charge in [0.1, 0.15) is 6.29 Å². The van der Waals surface area contributed by atoms with Crippen molar-refractivity contribution < 1.29 is 14.3 Å². The van der Waals surface area contributed by atoms with Crippen LogP contribution in [0.4, 0.5) is 0 Å². The van der Waals surface area contributed by atoms with E-state index in [2.05, 4.69) is 32.0 Å². The van der Waals surface area contributed by atoms with Crippen LogP contribution in [0.25, 0.3) is 6.08 Å². The van der Waals surface area contributed by atoms with E-state index in [4.69, 9.17) is 4.74 Å². The van der Waals surface area contributed by atoms with Crippen molar-refractivity contribution in [1.82, 2.24) is 0 Å². The molecule has 0 N–H and O–H groups in total. The highest BCUT2D eigenvalue weighted by atomic mass is 16.5. The van der Waals surface area contributed by atoms with Gasteiger partial charge >= 0.3 is 5.97 Å². The summed E-state index contributed by atoms with van der Waals surface area (Å²) in [6.45, 7) is 4.41. The maximum atomic E-state index is 12.5. The standard InChI is InChI=1S/C21H26O3/c1-20-11-5-12-21(2,19(23)24-3)18(20)10-8-16-14-15(6-4-13-22)7-9-17(16)20/h4,6-7,9,13-14,18H,5,8,10-12H2,1-3H3/t18-,20-,21+/m0/s1. The van der Waals surface area contributed by atoms with Gasteiger partial charge in [0.25, 0.3) is 0 Å². The fourth-order valence-electron chi connectivity index (χ4n) is 5.24. The van der Waals surface area contributed by atoms with E-state index < -0.39 is 5.41 Å². The Bertz CT molecular complexity index is 690. The quantitative estimate of drug-likeness (QED) is 0.477. The Kier molecular flexibility index (Phi) is 4.37. The van der Waals surface area contributed by atoms with Crippen LogP contribution in [0.2, 0.25) is 0 Å². The van der Waals surface area contributed by atoms with Crippen LogP contribution < -0.4 is 0 Å². The van der Waals surface area contributed by atoms with E-state index in [0.717, 1.165) is 44.0 Å². The normalized spacial score (nSPS) is 32.0. The fraction of sp³-hybridized carbons (Fsp3) is 0.524. The predicted molar refractivity (Wildman–Crippen MR) is 94.7 cm³/mol. The molecule has 0 aliphatic heterocycles. The zero-order valence-corrected chi connectivity index (χ0v) is 14.8. The highest BCUT2D eigenvalue weighted by molar-refractivity contribution is 5.77. The predicted octanol–water partition coefficient (Wildman–Crippen LogP) is 4.08. The van der Waals surface area contributed by atoms with E-state index in [1.807, 2.05) is 6.08 Å². The second kappa shape index (κ2) is 6.19. The highest BCUT2D eigenvalue weighted by Gasteiger charge is 2.55. The number of benzene rings is 1. The third-order valence-electron chi connectivity index (χ3n) is 6.40. The van der Waals surface area contributed by atoms with Crippen LogP contribution in [0.15, 0.2) is 24.3 Å². The molecule has 2 aliphatic carbocycles. The van der Waals surface area contributed by atoms with Crippen molar-refractivity contribution in [3.05, 3.63) is 41.0 Å². The van der Waals surface area contributed by atoms with Crippen molar-refractivity contribution >= 4 is 18.3 Å². The number of rotatable bonds is 3. The van der Waals surface area contributed by atoms with E-state index in [-0.39, 0.29) is 11.4 Å². The molecule has 3 nitrogen and oxygen atoms in total. The summed E-state index contributed by atoms with van der Waals surface area (Å²) in [6.07, 6.45) is 9.24. The Morgan fingerprint density at radius 2 is 2.08 bits per heavy atom. The van der Waals surface area contributed by atoms with E-state index >= 15 is 0 Å². The van der Waals surface area contributed by atoms with Crippen molar-refractivity contribution in [3.63, 3.8) is 0 Å². The number of carbonyl (C=O) groups is 2. The minimum atomic E-state index is -0.393. The summed E-state index contributed by atoms with van der Waals surface area (Å²) < 4.78 is 5.16. The van der Waals surface area contributed by atoms with Crippen LogP contribution >= 0.6 is 0 Å². The van der Waals surface area contributed by atoms with Crippen molar-refractivity contribution in [2.45, 2.75) is 51.4 Å². The molecular weight excluding hydrogens is 300 g/mol. The number of fused-ring (bicyclic) bond motifs is 3. The molecule has 0 spiro atoms. The summed E-state index contributed by atoms with van der Waals surface area (Å²) in [6, 6.07) is 6.48. The molecule has 1 aromatic carbocycles. The number of hydrogen-bond donors (Lipinski definition) is 0. The molecule has 3 heteroatoms. The van der Waals surface area contributed by atoms with Crippen molar-refractivity contribution in [2.24, 2.45) is 11.3 Å². The van der Waals surface area contributed by atoms with Gasteiger partial charge in [0, 0.05) is 0 Å². The van der Waals surface area contributed by atoms with Gasteiger partial charge in [0.05, 0.1) is 12.5 Å². The summed E-state index contributed by atoms with van der Waals surface area (Å²) in [5.41, 5.74) is 3.42. The maximum Gasteiger partial charge on any atom is 0.311 e. The van der Waals surface area contributed by atoms with Crippen molar-refractivity contribution in [1.29, 1.82) is 0 Å². The minimum Gasteiger partial charge on any atom is -0.469 e. The monoisotopic (exact) mass is 326 g/mol. The van der Waals surface area contributed by atoms with Gasteiger partial charge in [-0.15, -0.1) is 0 Å². The Hall–Kier alpha value is -1.90. The fourth-order valence-corrected chi connectivity index (χ4v) is 5.24. The summed E-state index contributed by atoms with van der Waals surface area (Å²) in [5.74, 6) is 0.252. The van der Waals surface area contributed by atoms with Gasteiger partial charge < -0.3 is 4.74 Å². The van der Waals surface area contributed by atoms with Crippen molar-refractivity contribution in [3.8, 4) is 0 Å². The highest BCUT2D eigenvalue weighted by Crippen LogP contribution is 2.57. The van der Waals surface area contributed by atoms with Crippen LogP contribution in [0.5, 0.6) is 0 Å². The zero-order valence-electron chi connectivity index (χ0n) is 14.8. The van der Waals surface area contributed by atoms with Gasteiger partial charge in [-0.1, -0.05) is 37.6 Å². The second-order valence-electron chi connectivity index (χ2n) is 7.68. The number of aldehydes is 1. The number of ether oxygens (including phenoxy) is 1. The first-order valence-corrected chi connectivity index (χ1v) is 8.79. The number of methoxy groups -OCH3 is 1. The first-order valence-electron chi connectivity index (χ1n) is 8.79. The largest absolute Gasteiger partial charge is 0.469 e.